The van der Waals surface area contributed by atoms with E-state index in [1.54, 1.807) is 0 Å². The molecule has 0 aliphatic heterocycles. The first kappa shape index (κ1) is 15.3. The van der Waals surface area contributed by atoms with E-state index in [1.807, 2.05) is 0 Å². The van der Waals surface area contributed by atoms with Crippen LogP contribution in [0.4, 0.5) is 0 Å². The van der Waals surface area contributed by atoms with Crippen LogP contribution in [0.1, 0.15) is 65.7 Å². The van der Waals surface area contributed by atoms with Gasteiger partial charge in [0.05, 0.1) is 0 Å². The lowest BCUT2D eigenvalue weighted by Gasteiger charge is -2.37. The summed E-state index contributed by atoms with van der Waals surface area (Å²) in [6.45, 7) is 9.86. The second-order valence-corrected chi connectivity index (χ2v) is 8.19. The summed E-state index contributed by atoms with van der Waals surface area (Å²) >= 11 is 0. The zero-order chi connectivity index (χ0) is 13.9. The second-order valence-electron chi connectivity index (χ2n) is 8.19. The van der Waals surface area contributed by atoms with Crippen molar-refractivity contribution >= 4 is 0 Å². The van der Waals surface area contributed by atoms with Gasteiger partial charge in [0.15, 0.2) is 0 Å². The van der Waals surface area contributed by atoms with E-state index in [-0.39, 0.29) is 0 Å². The summed E-state index contributed by atoms with van der Waals surface area (Å²) in [6, 6.07) is 0. The van der Waals surface area contributed by atoms with Crippen LogP contribution in [0.15, 0.2) is 0 Å². The summed E-state index contributed by atoms with van der Waals surface area (Å²) in [5.74, 6) is 1.82. The molecule has 112 valence electrons. The smallest absolute Gasteiger partial charge is 0.0436 e. The minimum Gasteiger partial charge on any atom is -0.396 e. The Morgan fingerprint density at radius 1 is 1.11 bits per heavy atom. The molecule has 0 aromatic heterocycles. The van der Waals surface area contributed by atoms with Crippen molar-refractivity contribution in [3.05, 3.63) is 0 Å². The van der Waals surface area contributed by atoms with Crippen molar-refractivity contribution in [1.82, 2.24) is 5.32 Å². The molecule has 0 heterocycles. The summed E-state index contributed by atoms with van der Waals surface area (Å²) < 4.78 is 0. The first-order chi connectivity index (χ1) is 8.95. The quantitative estimate of drug-likeness (QED) is 0.771. The highest BCUT2D eigenvalue weighted by atomic mass is 16.3. The van der Waals surface area contributed by atoms with E-state index < -0.39 is 0 Å². The molecule has 2 aliphatic rings. The van der Waals surface area contributed by atoms with Gasteiger partial charge in [-0.05, 0) is 74.2 Å². The van der Waals surface area contributed by atoms with E-state index in [0.717, 1.165) is 24.8 Å². The van der Waals surface area contributed by atoms with Crippen LogP contribution in [-0.4, -0.2) is 24.8 Å². The van der Waals surface area contributed by atoms with E-state index in [4.69, 9.17) is 5.11 Å². The molecule has 2 aliphatic carbocycles. The molecule has 2 rings (SSSR count). The third kappa shape index (κ3) is 4.46. The SMILES string of the molecule is CC(C)(C)C1CCC(CNCC2(CCO)CC2)CC1. The highest BCUT2D eigenvalue weighted by molar-refractivity contribution is 4.94. The summed E-state index contributed by atoms with van der Waals surface area (Å²) in [7, 11) is 0. The molecule has 2 fully saturated rings. The molecule has 2 nitrogen and oxygen atoms in total. The highest BCUT2D eigenvalue weighted by Crippen LogP contribution is 2.48. The summed E-state index contributed by atoms with van der Waals surface area (Å²) in [6.07, 6.45) is 9.27. The Morgan fingerprint density at radius 2 is 1.74 bits per heavy atom. The third-order valence-corrected chi connectivity index (χ3v) is 5.60. The van der Waals surface area contributed by atoms with Gasteiger partial charge in [-0.25, -0.2) is 0 Å². The molecule has 0 radical (unpaired) electrons. The standard InChI is InChI=1S/C17H33NO/c1-16(2,3)15-6-4-14(5-7-15)12-18-13-17(8-9-17)10-11-19/h14-15,18-19H,4-13H2,1-3H3. The van der Waals surface area contributed by atoms with Crippen LogP contribution in [-0.2, 0) is 0 Å². The first-order valence-corrected chi connectivity index (χ1v) is 8.27. The maximum atomic E-state index is 9.07. The summed E-state index contributed by atoms with van der Waals surface area (Å²) in [4.78, 5) is 0. The van der Waals surface area contributed by atoms with Gasteiger partial charge in [0.25, 0.3) is 0 Å². The fraction of sp³-hybridized carbons (Fsp3) is 1.00. The van der Waals surface area contributed by atoms with Gasteiger partial charge in [0, 0.05) is 13.2 Å². The number of rotatable bonds is 6. The maximum absolute atomic E-state index is 9.07. The summed E-state index contributed by atoms with van der Waals surface area (Å²) in [5, 5.41) is 12.8. The molecule has 0 spiro atoms. The van der Waals surface area contributed by atoms with Crippen molar-refractivity contribution in [1.29, 1.82) is 0 Å². The summed E-state index contributed by atoms with van der Waals surface area (Å²) in [5.41, 5.74) is 0.967. The molecule has 0 unspecified atom stereocenters. The molecule has 0 atom stereocenters. The predicted molar refractivity (Wildman–Crippen MR) is 81.1 cm³/mol. The van der Waals surface area contributed by atoms with Gasteiger partial charge in [0.1, 0.15) is 0 Å². The lowest BCUT2D eigenvalue weighted by atomic mass is 9.70. The maximum Gasteiger partial charge on any atom is 0.0436 e. The monoisotopic (exact) mass is 267 g/mol. The molecule has 2 N–H and O–H groups in total. The van der Waals surface area contributed by atoms with Crippen LogP contribution < -0.4 is 5.32 Å². The van der Waals surface area contributed by atoms with Crippen LogP contribution in [0, 0.1) is 22.7 Å². The zero-order valence-electron chi connectivity index (χ0n) is 13.2. The Kier molecular flexibility index (Phi) is 4.94. The van der Waals surface area contributed by atoms with Crippen molar-refractivity contribution in [2.45, 2.75) is 65.7 Å². The number of aliphatic hydroxyl groups is 1. The Balaban J connectivity index is 1.61. The molecule has 0 saturated heterocycles. The Bertz CT molecular complexity index is 269. The molecule has 19 heavy (non-hydrogen) atoms. The van der Waals surface area contributed by atoms with Gasteiger partial charge in [-0.3, -0.25) is 0 Å². The molecule has 2 heteroatoms. The zero-order valence-corrected chi connectivity index (χ0v) is 13.2. The Hall–Kier alpha value is -0.0800. The van der Waals surface area contributed by atoms with Crippen molar-refractivity contribution < 1.29 is 5.11 Å². The fourth-order valence-corrected chi connectivity index (χ4v) is 3.70. The normalized spacial score (nSPS) is 30.3. The largest absolute Gasteiger partial charge is 0.396 e. The van der Waals surface area contributed by atoms with Crippen molar-refractivity contribution in [2.24, 2.45) is 22.7 Å². The number of nitrogens with one attached hydrogen (secondary N) is 1. The van der Waals surface area contributed by atoms with Crippen molar-refractivity contribution in [3.8, 4) is 0 Å². The van der Waals surface area contributed by atoms with Gasteiger partial charge >= 0.3 is 0 Å². The second kappa shape index (κ2) is 6.13. The highest BCUT2D eigenvalue weighted by Gasteiger charge is 2.41. The molecular weight excluding hydrogens is 234 g/mol. The van der Waals surface area contributed by atoms with Crippen LogP contribution in [0.3, 0.4) is 0 Å². The van der Waals surface area contributed by atoms with Gasteiger partial charge in [-0.15, -0.1) is 0 Å². The van der Waals surface area contributed by atoms with E-state index in [9.17, 15) is 0 Å². The number of hydrogen-bond acceptors (Lipinski definition) is 2. The van der Waals surface area contributed by atoms with Gasteiger partial charge in [-0.2, -0.15) is 0 Å². The van der Waals surface area contributed by atoms with Crippen molar-refractivity contribution in [2.75, 3.05) is 19.7 Å². The molecule has 0 bridgehead atoms. The molecular formula is C17H33NO. The average Bonchev–Trinajstić information content (AvgIpc) is 3.09. The van der Waals surface area contributed by atoms with Gasteiger partial charge in [0.2, 0.25) is 0 Å². The molecule has 0 aromatic carbocycles. The number of aliphatic hydroxyl groups excluding tert-OH is 1. The lowest BCUT2D eigenvalue weighted by Crippen LogP contribution is -2.33. The van der Waals surface area contributed by atoms with E-state index in [1.165, 1.54) is 45.1 Å². The lowest BCUT2D eigenvalue weighted by molar-refractivity contribution is 0.148. The molecule has 0 aromatic rings. The van der Waals surface area contributed by atoms with Crippen LogP contribution in [0.2, 0.25) is 0 Å². The molecule has 2 saturated carbocycles. The van der Waals surface area contributed by atoms with Crippen LogP contribution >= 0.6 is 0 Å². The van der Waals surface area contributed by atoms with E-state index in [2.05, 4.69) is 26.1 Å². The van der Waals surface area contributed by atoms with E-state index >= 15 is 0 Å². The van der Waals surface area contributed by atoms with E-state index in [0.29, 0.717) is 17.4 Å². The predicted octanol–water partition coefficient (Wildman–Crippen LogP) is 3.59. The first-order valence-electron chi connectivity index (χ1n) is 8.27. The minimum atomic E-state index is 0.359. The fourth-order valence-electron chi connectivity index (χ4n) is 3.70. The number of hydrogen-bond donors (Lipinski definition) is 2. The van der Waals surface area contributed by atoms with Gasteiger partial charge in [-0.1, -0.05) is 20.8 Å². The van der Waals surface area contributed by atoms with Crippen LogP contribution in [0.5, 0.6) is 0 Å². The Morgan fingerprint density at radius 3 is 2.21 bits per heavy atom. The minimum absolute atomic E-state index is 0.359. The third-order valence-electron chi connectivity index (χ3n) is 5.60. The Labute approximate surface area is 119 Å². The van der Waals surface area contributed by atoms with Gasteiger partial charge < -0.3 is 10.4 Å². The molecule has 0 amide bonds. The topological polar surface area (TPSA) is 32.3 Å². The van der Waals surface area contributed by atoms with Crippen molar-refractivity contribution in [3.63, 3.8) is 0 Å². The average molecular weight is 267 g/mol. The van der Waals surface area contributed by atoms with Crippen LogP contribution in [0.25, 0.3) is 0 Å².